The van der Waals surface area contributed by atoms with Crippen molar-refractivity contribution in [2.75, 3.05) is 26.6 Å². The number of hydrazone groups is 1. The molecule has 0 bridgehead atoms. The SMILES string of the molecule is CC1=NN(CN2CCOC2)C(C)(C)C1. The van der Waals surface area contributed by atoms with Crippen LogP contribution in [-0.4, -0.2) is 47.7 Å². The summed E-state index contributed by atoms with van der Waals surface area (Å²) < 4.78 is 5.31. The number of ether oxygens (including phenoxy) is 1. The van der Waals surface area contributed by atoms with Crippen LogP contribution in [-0.2, 0) is 4.74 Å². The standard InChI is InChI=1S/C10H19N3O/c1-9-6-10(2,3)13(11-9)7-12-4-5-14-8-12/h4-8H2,1-3H3. The predicted molar refractivity (Wildman–Crippen MR) is 56.0 cm³/mol. The molecule has 0 unspecified atom stereocenters. The minimum Gasteiger partial charge on any atom is -0.365 e. The Hall–Kier alpha value is -0.610. The zero-order chi connectivity index (χ0) is 10.2. The molecule has 80 valence electrons. The van der Waals surface area contributed by atoms with E-state index in [0.29, 0.717) is 0 Å². The molecule has 4 heteroatoms. The largest absolute Gasteiger partial charge is 0.365 e. The lowest BCUT2D eigenvalue weighted by molar-refractivity contribution is 0.0500. The van der Waals surface area contributed by atoms with Crippen LogP contribution in [0.1, 0.15) is 27.2 Å². The fourth-order valence-electron chi connectivity index (χ4n) is 2.07. The van der Waals surface area contributed by atoms with Crippen molar-refractivity contribution in [1.82, 2.24) is 9.91 Å². The van der Waals surface area contributed by atoms with E-state index < -0.39 is 0 Å². The number of hydrogen-bond acceptors (Lipinski definition) is 4. The summed E-state index contributed by atoms with van der Waals surface area (Å²) in [5.41, 5.74) is 1.40. The monoisotopic (exact) mass is 197 g/mol. The molecule has 4 nitrogen and oxygen atoms in total. The molecule has 0 saturated carbocycles. The van der Waals surface area contributed by atoms with E-state index in [2.05, 4.69) is 35.8 Å². The van der Waals surface area contributed by atoms with Crippen LogP contribution in [0.3, 0.4) is 0 Å². The molecule has 0 atom stereocenters. The van der Waals surface area contributed by atoms with Crippen molar-refractivity contribution in [1.29, 1.82) is 0 Å². The summed E-state index contributed by atoms with van der Waals surface area (Å²) in [6.45, 7) is 10.1. The molecule has 0 spiro atoms. The third-order valence-electron chi connectivity index (χ3n) is 2.84. The second kappa shape index (κ2) is 3.51. The maximum absolute atomic E-state index is 5.31. The van der Waals surface area contributed by atoms with Crippen LogP contribution in [0, 0.1) is 0 Å². The van der Waals surface area contributed by atoms with E-state index in [1.807, 2.05) is 0 Å². The summed E-state index contributed by atoms with van der Waals surface area (Å²) in [5, 5.41) is 6.74. The lowest BCUT2D eigenvalue weighted by Gasteiger charge is -2.33. The van der Waals surface area contributed by atoms with Gasteiger partial charge >= 0.3 is 0 Å². The molecule has 0 aromatic heterocycles. The Bertz CT molecular complexity index is 244. The normalized spacial score (nSPS) is 27.1. The first-order valence-electron chi connectivity index (χ1n) is 5.20. The van der Waals surface area contributed by atoms with Crippen LogP contribution in [0.2, 0.25) is 0 Å². The van der Waals surface area contributed by atoms with E-state index in [9.17, 15) is 0 Å². The Labute approximate surface area is 85.5 Å². The van der Waals surface area contributed by atoms with E-state index in [1.165, 1.54) is 5.71 Å². The third-order valence-corrected chi connectivity index (χ3v) is 2.84. The Morgan fingerprint density at radius 3 is 2.79 bits per heavy atom. The summed E-state index contributed by atoms with van der Waals surface area (Å²) in [6, 6.07) is 0. The van der Waals surface area contributed by atoms with Crippen molar-refractivity contribution in [3.63, 3.8) is 0 Å². The van der Waals surface area contributed by atoms with Crippen LogP contribution in [0.4, 0.5) is 0 Å². The predicted octanol–water partition coefficient (Wildman–Crippen LogP) is 1.09. The van der Waals surface area contributed by atoms with Gasteiger partial charge in [0.2, 0.25) is 0 Å². The molecule has 2 aliphatic rings. The van der Waals surface area contributed by atoms with Crippen LogP contribution in [0.15, 0.2) is 5.10 Å². The first-order chi connectivity index (χ1) is 6.58. The Balaban J connectivity index is 1.96. The van der Waals surface area contributed by atoms with Gasteiger partial charge in [-0.15, -0.1) is 0 Å². The average Bonchev–Trinajstić information content (AvgIpc) is 2.61. The van der Waals surface area contributed by atoms with Gasteiger partial charge in [0.25, 0.3) is 0 Å². The summed E-state index contributed by atoms with van der Waals surface area (Å²) >= 11 is 0. The fraction of sp³-hybridized carbons (Fsp3) is 0.900. The van der Waals surface area contributed by atoms with Gasteiger partial charge in [-0.3, -0.25) is 9.91 Å². The van der Waals surface area contributed by atoms with Crippen molar-refractivity contribution < 1.29 is 4.74 Å². The van der Waals surface area contributed by atoms with Gasteiger partial charge < -0.3 is 4.74 Å². The molecule has 2 aliphatic heterocycles. The van der Waals surface area contributed by atoms with Crippen LogP contribution in [0.5, 0.6) is 0 Å². The maximum Gasteiger partial charge on any atom is 0.101 e. The molecule has 0 aromatic rings. The van der Waals surface area contributed by atoms with E-state index in [4.69, 9.17) is 4.74 Å². The Kier molecular flexibility index (Phi) is 2.49. The summed E-state index contributed by atoms with van der Waals surface area (Å²) in [4.78, 5) is 2.28. The van der Waals surface area contributed by atoms with E-state index in [0.717, 1.165) is 33.0 Å². The molecule has 0 radical (unpaired) electrons. The summed E-state index contributed by atoms with van der Waals surface area (Å²) in [7, 11) is 0. The topological polar surface area (TPSA) is 28.1 Å². The first-order valence-corrected chi connectivity index (χ1v) is 5.20. The second-order valence-corrected chi connectivity index (χ2v) is 4.80. The van der Waals surface area contributed by atoms with Crippen molar-refractivity contribution in [3.05, 3.63) is 0 Å². The molecule has 2 heterocycles. The second-order valence-electron chi connectivity index (χ2n) is 4.80. The van der Waals surface area contributed by atoms with Crippen LogP contribution in [0.25, 0.3) is 0 Å². The van der Waals surface area contributed by atoms with E-state index in [-0.39, 0.29) is 5.54 Å². The van der Waals surface area contributed by atoms with Crippen LogP contribution < -0.4 is 0 Å². The van der Waals surface area contributed by atoms with Gasteiger partial charge in [0.1, 0.15) is 6.73 Å². The van der Waals surface area contributed by atoms with Gasteiger partial charge in [-0.1, -0.05) is 0 Å². The quantitative estimate of drug-likeness (QED) is 0.663. The molecular weight excluding hydrogens is 178 g/mol. The van der Waals surface area contributed by atoms with Gasteiger partial charge in [0.05, 0.1) is 18.8 Å². The highest BCUT2D eigenvalue weighted by Gasteiger charge is 2.33. The smallest absolute Gasteiger partial charge is 0.101 e. The highest BCUT2D eigenvalue weighted by atomic mass is 16.5. The first kappa shape index (κ1) is 9.93. The molecule has 1 fully saturated rings. The number of rotatable bonds is 2. The van der Waals surface area contributed by atoms with Gasteiger partial charge in [-0.05, 0) is 20.8 Å². The van der Waals surface area contributed by atoms with Crippen LogP contribution >= 0.6 is 0 Å². The highest BCUT2D eigenvalue weighted by Crippen LogP contribution is 2.26. The maximum atomic E-state index is 5.31. The van der Waals surface area contributed by atoms with Gasteiger partial charge in [0, 0.05) is 18.7 Å². The molecule has 2 rings (SSSR count). The lowest BCUT2D eigenvalue weighted by Crippen LogP contribution is -2.43. The Morgan fingerprint density at radius 1 is 1.50 bits per heavy atom. The molecular formula is C10H19N3O. The third kappa shape index (κ3) is 1.91. The fourth-order valence-corrected chi connectivity index (χ4v) is 2.07. The molecule has 0 aromatic carbocycles. The van der Waals surface area contributed by atoms with E-state index in [1.54, 1.807) is 0 Å². The van der Waals surface area contributed by atoms with Crippen molar-refractivity contribution >= 4 is 5.71 Å². The molecule has 14 heavy (non-hydrogen) atoms. The van der Waals surface area contributed by atoms with Gasteiger partial charge in [-0.2, -0.15) is 5.10 Å². The van der Waals surface area contributed by atoms with Gasteiger partial charge in [-0.25, -0.2) is 0 Å². The molecule has 1 saturated heterocycles. The molecule has 0 N–H and O–H groups in total. The Morgan fingerprint density at radius 2 is 2.29 bits per heavy atom. The number of nitrogens with zero attached hydrogens (tertiary/aromatic N) is 3. The van der Waals surface area contributed by atoms with E-state index >= 15 is 0 Å². The van der Waals surface area contributed by atoms with Crippen molar-refractivity contribution in [3.8, 4) is 0 Å². The summed E-state index contributed by atoms with van der Waals surface area (Å²) in [6.07, 6.45) is 1.07. The molecule has 0 aliphatic carbocycles. The number of hydrogen-bond donors (Lipinski definition) is 0. The minimum absolute atomic E-state index is 0.173. The minimum atomic E-state index is 0.173. The highest BCUT2D eigenvalue weighted by molar-refractivity contribution is 5.84. The average molecular weight is 197 g/mol. The van der Waals surface area contributed by atoms with Gasteiger partial charge in [0.15, 0.2) is 0 Å². The van der Waals surface area contributed by atoms with Crippen molar-refractivity contribution in [2.45, 2.75) is 32.7 Å². The lowest BCUT2D eigenvalue weighted by atomic mass is 9.99. The summed E-state index contributed by atoms with van der Waals surface area (Å²) in [5.74, 6) is 0. The zero-order valence-corrected chi connectivity index (χ0v) is 9.29. The zero-order valence-electron chi connectivity index (χ0n) is 9.29. The van der Waals surface area contributed by atoms with Crippen molar-refractivity contribution in [2.24, 2.45) is 5.10 Å². The molecule has 0 amide bonds.